The molecule has 0 aliphatic heterocycles. The molecule has 0 spiro atoms. The largest absolute Gasteiger partial charge is 0.310 e. The number of nitrogens with one attached hydrogen (secondary N) is 1. The van der Waals surface area contributed by atoms with E-state index in [1.54, 1.807) is 0 Å². The van der Waals surface area contributed by atoms with E-state index in [0.29, 0.717) is 6.04 Å². The molecule has 0 heterocycles. The molecule has 112 valence electrons. The molecule has 0 saturated heterocycles. The SMILES string of the molecule is CCNC(CCC1CCCC1)c1ccc2ccccc2c1. The van der Waals surface area contributed by atoms with E-state index >= 15 is 0 Å². The highest BCUT2D eigenvalue weighted by Gasteiger charge is 2.18. The summed E-state index contributed by atoms with van der Waals surface area (Å²) >= 11 is 0. The molecule has 1 atom stereocenters. The fraction of sp³-hybridized carbons (Fsp3) is 0.500. The van der Waals surface area contributed by atoms with Crippen molar-refractivity contribution in [3.05, 3.63) is 48.0 Å². The van der Waals surface area contributed by atoms with Crippen molar-refractivity contribution in [3.63, 3.8) is 0 Å². The Balaban J connectivity index is 1.74. The molecule has 1 nitrogen and oxygen atoms in total. The maximum Gasteiger partial charge on any atom is 0.0320 e. The summed E-state index contributed by atoms with van der Waals surface area (Å²) in [6.45, 7) is 3.26. The van der Waals surface area contributed by atoms with E-state index in [2.05, 4.69) is 54.7 Å². The highest BCUT2D eigenvalue weighted by atomic mass is 14.9. The lowest BCUT2D eigenvalue weighted by atomic mass is 9.93. The summed E-state index contributed by atoms with van der Waals surface area (Å²) in [5.74, 6) is 0.978. The highest BCUT2D eigenvalue weighted by molar-refractivity contribution is 5.83. The Morgan fingerprint density at radius 1 is 1.05 bits per heavy atom. The first-order valence-corrected chi connectivity index (χ1v) is 8.59. The van der Waals surface area contributed by atoms with Crippen molar-refractivity contribution in [2.24, 2.45) is 5.92 Å². The van der Waals surface area contributed by atoms with Gasteiger partial charge in [0.2, 0.25) is 0 Å². The van der Waals surface area contributed by atoms with E-state index in [4.69, 9.17) is 0 Å². The first kappa shape index (κ1) is 14.6. The first-order chi connectivity index (χ1) is 10.4. The van der Waals surface area contributed by atoms with Gasteiger partial charge in [-0.3, -0.25) is 0 Å². The van der Waals surface area contributed by atoms with Crippen LogP contribution in [0.2, 0.25) is 0 Å². The van der Waals surface area contributed by atoms with E-state index < -0.39 is 0 Å². The third kappa shape index (κ3) is 3.65. The van der Waals surface area contributed by atoms with E-state index in [1.807, 2.05) is 0 Å². The average Bonchev–Trinajstić information content (AvgIpc) is 3.04. The van der Waals surface area contributed by atoms with Crippen LogP contribution in [0.25, 0.3) is 10.8 Å². The third-order valence-corrected chi connectivity index (χ3v) is 4.96. The van der Waals surface area contributed by atoms with Gasteiger partial charge in [-0.15, -0.1) is 0 Å². The van der Waals surface area contributed by atoms with E-state index in [9.17, 15) is 0 Å². The third-order valence-electron chi connectivity index (χ3n) is 4.96. The fourth-order valence-electron chi connectivity index (χ4n) is 3.76. The minimum Gasteiger partial charge on any atom is -0.310 e. The topological polar surface area (TPSA) is 12.0 Å². The maximum atomic E-state index is 3.69. The molecule has 1 heteroatoms. The second-order valence-electron chi connectivity index (χ2n) is 6.44. The Labute approximate surface area is 128 Å². The van der Waals surface area contributed by atoms with Crippen LogP contribution in [0.15, 0.2) is 42.5 Å². The molecule has 21 heavy (non-hydrogen) atoms. The molecular weight excluding hydrogens is 254 g/mol. The lowest BCUT2D eigenvalue weighted by Gasteiger charge is -2.21. The lowest BCUT2D eigenvalue weighted by molar-refractivity contribution is 0.417. The summed E-state index contributed by atoms with van der Waals surface area (Å²) in [6, 6.07) is 16.1. The van der Waals surface area contributed by atoms with Crippen molar-refractivity contribution in [1.82, 2.24) is 5.32 Å². The van der Waals surface area contributed by atoms with E-state index in [1.165, 1.54) is 54.9 Å². The number of hydrogen-bond acceptors (Lipinski definition) is 1. The summed E-state index contributed by atoms with van der Waals surface area (Å²) < 4.78 is 0. The van der Waals surface area contributed by atoms with Crippen molar-refractivity contribution >= 4 is 10.8 Å². The monoisotopic (exact) mass is 281 g/mol. The van der Waals surface area contributed by atoms with Crippen LogP contribution < -0.4 is 5.32 Å². The van der Waals surface area contributed by atoms with Crippen LogP contribution in [0.5, 0.6) is 0 Å². The highest BCUT2D eigenvalue weighted by Crippen LogP contribution is 2.32. The lowest BCUT2D eigenvalue weighted by Crippen LogP contribution is -2.21. The summed E-state index contributed by atoms with van der Waals surface area (Å²) in [5.41, 5.74) is 1.45. The van der Waals surface area contributed by atoms with Crippen LogP contribution in [-0.2, 0) is 0 Å². The van der Waals surface area contributed by atoms with Crippen molar-refractivity contribution in [3.8, 4) is 0 Å². The standard InChI is InChI=1S/C20H27N/c1-2-21-20(14-11-16-7-3-4-8-16)19-13-12-17-9-5-6-10-18(17)15-19/h5-6,9-10,12-13,15-16,20-21H,2-4,7-8,11,14H2,1H3. The van der Waals surface area contributed by atoms with Gasteiger partial charge in [-0.25, -0.2) is 0 Å². The van der Waals surface area contributed by atoms with Gasteiger partial charge in [0.05, 0.1) is 0 Å². The second-order valence-corrected chi connectivity index (χ2v) is 6.44. The van der Waals surface area contributed by atoms with Gasteiger partial charge >= 0.3 is 0 Å². The molecule has 0 amide bonds. The summed E-state index contributed by atoms with van der Waals surface area (Å²) in [7, 11) is 0. The Kier molecular flexibility index (Phi) is 4.92. The molecule has 2 aromatic carbocycles. The van der Waals surface area contributed by atoms with Gasteiger partial charge in [0.15, 0.2) is 0 Å². The van der Waals surface area contributed by atoms with Crippen molar-refractivity contribution < 1.29 is 0 Å². The van der Waals surface area contributed by atoms with Crippen LogP contribution in [0, 0.1) is 5.92 Å². The van der Waals surface area contributed by atoms with Gasteiger partial charge in [0, 0.05) is 6.04 Å². The average molecular weight is 281 g/mol. The smallest absolute Gasteiger partial charge is 0.0320 e. The molecule has 1 aliphatic carbocycles. The molecular formula is C20H27N. The summed E-state index contributed by atoms with van der Waals surface area (Å²) in [5, 5.41) is 6.39. The first-order valence-electron chi connectivity index (χ1n) is 8.59. The van der Waals surface area contributed by atoms with Gasteiger partial charge in [0.25, 0.3) is 0 Å². The fourth-order valence-corrected chi connectivity index (χ4v) is 3.76. The van der Waals surface area contributed by atoms with Gasteiger partial charge in [-0.2, -0.15) is 0 Å². The molecule has 0 radical (unpaired) electrons. The predicted molar refractivity (Wildman–Crippen MR) is 91.6 cm³/mol. The van der Waals surface area contributed by atoms with Crippen molar-refractivity contribution in [1.29, 1.82) is 0 Å². The van der Waals surface area contributed by atoms with E-state index in [-0.39, 0.29) is 0 Å². The molecule has 1 saturated carbocycles. The van der Waals surface area contributed by atoms with E-state index in [0.717, 1.165) is 12.5 Å². The minimum atomic E-state index is 0.514. The number of benzene rings is 2. The predicted octanol–water partition coefficient (Wildman–Crippen LogP) is 5.46. The zero-order valence-electron chi connectivity index (χ0n) is 13.1. The van der Waals surface area contributed by atoms with Gasteiger partial charge in [0.1, 0.15) is 0 Å². The Hall–Kier alpha value is -1.34. The quantitative estimate of drug-likeness (QED) is 0.741. The Morgan fingerprint density at radius 2 is 1.81 bits per heavy atom. The normalized spacial score (nSPS) is 17.4. The van der Waals surface area contributed by atoms with Crippen LogP contribution in [0.1, 0.15) is 57.1 Å². The summed E-state index contributed by atoms with van der Waals surface area (Å²) in [4.78, 5) is 0. The van der Waals surface area contributed by atoms with Gasteiger partial charge in [-0.05, 0) is 47.7 Å². The van der Waals surface area contributed by atoms with Crippen LogP contribution in [0.3, 0.4) is 0 Å². The Morgan fingerprint density at radius 3 is 2.57 bits per heavy atom. The molecule has 1 unspecified atom stereocenters. The maximum absolute atomic E-state index is 3.69. The van der Waals surface area contributed by atoms with Crippen LogP contribution >= 0.6 is 0 Å². The molecule has 3 rings (SSSR count). The molecule has 0 bridgehead atoms. The van der Waals surface area contributed by atoms with Gasteiger partial charge in [-0.1, -0.05) is 69.0 Å². The molecule has 1 fully saturated rings. The van der Waals surface area contributed by atoms with Crippen molar-refractivity contribution in [2.45, 2.75) is 51.5 Å². The zero-order valence-corrected chi connectivity index (χ0v) is 13.1. The zero-order chi connectivity index (χ0) is 14.5. The number of fused-ring (bicyclic) bond motifs is 1. The second kappa shape index (κ2) is 7.09. The van der Waals surface area contributed by atoms with Crippen molar-refractivity contribution in [2.75, 3.05) is 6.54 Å². The van der Waals surface area contributed by atoms with Crippen LogP contribution in [-0.4, -0.2) is 6.54 Å². The number of rotatable bonds is 6. The Bertz CT molecular complexity index is 569. The van der Waals surface area contributed by atoms with Gasteiger partial charge < -0.3 is 5.32 Å². The molecule has 1 aliphatic rings. The molecule has 2 aromatic rings. The molecule has 1 N–H and O–H groups in total. The summed E-state index contributed by atoms with van der Waals surface area (Å²) in [6.07, 6.45) is 8.47. The minimum absolute atomic E-state index is 0.514. The number of hydrogen-bond donors (Lipinski definition) is 1. The van der Waals surface area contributed by atoms with Crippen LogP contribution in [0.4, 0.5) is 0 Å². The molecule has 0 aromatic heterocycles.